The molecule has 120 valence electrons. The van der Waals surface area contributed by atoms with Crippen LogP contribution in [0.5, 0.6) is 5.75 Å². The van der Waals surface area contributed by atoms with Crippen molar-refractivity contribution in [1.29, 1.82) is 0 Å². The summed E-state index contributed by atoms with van der Waals surface area (Å²) in [6, 6.07) is 15.9. The second-order valence-electron chi connectivity index (χ2n) is 5.00. The van der Waals surface area contributed by atoms with Gasteiger partial charge in [0, 0.05) is 17.5 Å². The first-order chi connectivity index (χ1) is 11.0. The minimum Gasteiger partial charge on any atom is -0.497 e. The molecule has 0 saturated heterocycles. The van der Waals surface area contributed by atoms with Crippen LogP contribution in [0.15, 0.2) is 59.5 Å². The number of rotatable bonds is 5. The summed E-state index contributed by atoms with van der Waals surface area (Å²) < 4.78 is 5.12. The highest BCUT2D eigenvalue weighted by molar-refractivity contribution is 8.13. The summed E-state index contributed by atoms with van der Waals surface area (Å²) in [7, 11) is 1.58. The van der Waals surface area contributed by atoms with Crippen molar-refractivity contribution in [2.75, 3.05) is 12.0 Å². The minimum atomic E-state index is -0.564. The van der Waals surface area contributed by atoms with E-state index in [4.69, 9.17) is 4.74 Å². The number of carbonyl (C=O) groups excluding carboxylic acids is 2. The number of benzene rings is 2. The molecule has 1 unspecified atom stereocenters. The monoisotopic (exact) mass is 329 g/mol. The first-order valence-electron chi connectivity index (χ1n) is 7.23. The highest BCUT2D eigenvalue weighted by Gasteiger charge is 2.25. The highest BCUT2D eigenvalue weighted by atomic mass is 32.2. The standard InChI is InChI=1S/C18H19NO3S/c1-13(18(21)23-17-7-5-4-6-8-17)19(14(2)20)15-9-11-16(22-3)12-10-15/h4-13H,1-3H3. The molecular weight excluding hydrogens is 310 g/mol. The van der Waals surface area contributed by atoms with Gasteiger partial charge in [0.05, 0.1) is 7.11 Å². The van der Waals surface area contributed by atoms with Gasteiger partial charge < -0.3 is 9.64 Å². The van der Waals surface area contributed by atoms with E-state index in [1.54, 1.807) is 38.3 Å². The van der Waals surface area contributed by atoms with Crippen LogP contribution in [-0.2, 0) is 9.59 Å². The molecule has 0 radical (unpaired) electrons. The number of thioether (sulfide) groups is 1. The number of ether oxygens (including phenoxy) is 1. The predicted octanol–water partition coefficient (Wildman–Crippen LogP) is 3.76. The number of amides is 1. The molecule has 0 heterocycles. The molecule has 1 amide bonds. The zero-order chi connectivity index (χ0) is 16.8. The number of carbonyl (C=O) groups is 2. The normalized spacial score (nSPS) is 11.6. The summed E-state index contributed by atoms with van der Waals surface area (Å²) in [6.07, 6.45) is 0. The van der Waals surface area contributed by atoms with Gasteiger partial charge in [0.2, 0.25) is 11.0 Å². The predicted molar refractivity (Wildman–Crippen MR) is 92.9 cm³/mol. The largest absolute Gasteiger partial charge is 0.497 e. The van der Waals surface area contributed by atoms with Gasteiger partial charge in [-0.25, -0.2) is 0 Å². The van der Waals surface area contributed by atoms with Crippen molar-refractivity contribution < 1.29 is 14.3 Å². The van der Waals surface area contributed by atoms with Gasteiger partial charge in [-0.3, -0.25) is 9.59 Å². The number of anilines is 1. The molecule has 0 aromatic heterocycles. The molecule has 0 bridgehead atoms. The van der Waals surface area contributed by atoms with E-state index in [0.29, 0.717) is 11.4 Å². The molecule has 2 aromatic carbocycles. The van der Waals surface area contributed by atoms with E-state index in [1.807, 2.05) is 30.3 Å². The van der Waals surface area contributed by atoms with Crippen LogP contribution in [0.2, 0.25) is 0 Å². The number of nitrogens with zero attached hydrogens (tertiary/aromatic N) is 1. The number of methoxy groups -OCH3 is 1. The van der Waals surface area contributed by atoms with Crippen LogP contribution in [0.3, 0.4) is 0 Å². The van der Waals surface area contributed by atoms with E-state index in [-0.39, 0.29) is 11.0 Å². The fourth-order valence-electron chi connectivity index (χ4n) is 2.22. The molecule has 5 heteroatoms. The Labute approximate surface area is 140 Å². The van der Waals surface area contributed by atoms with Gasteiger partial charge in [-0.15, -0.1) is 0 Å². The maximum absolute atomic E-state index is 12.5. The van der Waals surface area contributed by atoms with Gasteiger partial charge in [-0.2, -0.15) is 0 Å². The molecular formula is C18H19NO3S. The van der Waals surface area contributed by atoms with E-state index in [2.05, 4.69) is 0 Å². The molecule has 4 nitrogen and oxygen atoms in total. The molecule has 2 rings (SSSR count). The zero-order valence-electron chi connectivity index (χ0n) is 13.4. The molecule has 0 spiro atoms. The Balaban J connectivity index is 2.18. The van der Waals surface area contributed by atoms with Crippen molar-refractivity contribution in [3.05, 3.63) is 54.6 Å². The van der Waals surface area contributed by atoms with Gasteiger partial charge in [0.1, 0.15) is 11.8 Å². The summed E-state index contributed by atoms with van der Waals surface area (Å²) in [6.45, 7) is 3.20. The lowest BCUT2D eigenvalue weighted by atomic mass is 10.2. The van der Waals surface area contributed by atoms with Crippen LogP contribution in [0.4, 0.5) is 5.69 Å². The Morgan fingerprint density at radius 3 is 2.17 bits per heavy atom. The molecule has 0 aliphatic heterocycles. The molecule has 0 aliphatic carbocycles. The van der Waals surface area contributed by atoms with Crippen LogP contribution in [0, 0.1) is 0 Å². The quantitative estimate of drug-likeness (QED) is 0.784. The summed E-state index contributed by atoms with van der Waals surface area (Å²) >= 11 is 1.14. The van der Waals surface area contributed by atoms with E-state index >= 15 is 0 Å². The molecule has 2 aromatic rings. The molecule has 1 atom stereocenters. The lowest BCUT2D eigenvalue weighted by Gasteiger charge is -2.27. The maximum Gasteiger partial charge on any atom is 0.224 e. The Bertz CT molecular complexity index is 670. The van der Waals surface area contributed by atoms with Gasteiger partial charge in [0.15, 0.2) is 0 Å². The summed E-state index contributed by atoms with van der Waals surface area (Å²) in [5.41, 5.74) is 0.674. The van der Waals surface area contributed by atoms with Gasteiger partial charge in [0.25, 0.3) is 0 Å². The van der Waals surface area contributed by atoms with Crippen LogP contribution < -0.4 is 9.64 Å². The maximum atomic E-state index is 12.5. The Morgan fingerprint density at radius 2 is 1.65 bits per heavy atom. The fourth-order valence-corrected chi connectivity index (χ4v) is 3.02. The Morgan fingerprint density at radius 1 is 1.04 bits per heavy atom. The third kappa shape index (κ3) is 4.36. The lowest BCUT2D eigenvalue weighted by Crippen LogP contribution is -2.41. The second-order valence-corrected chi connectivity index (χ2v) is 6.08. The van der Waals surface area contributed by atoms with Crippen molar-refractivity contribution in [3.63, 3.8) is 0 Å². The summed E-state index contributed by atoms with van der Waals surface area (Å²) in [5, 5.41) is -0.0813. The fraction of sp³-hybridized carbons (Fsp3) is 0.222. The van der Waals surface area contributed by atoms with E-state index in [0.717, 1.165) is 16.7 Å². The van der Waals surface area contributed by atoms with Crippen molar-refractivity contribution in [3.8, 4) is 5.75 Å². The van der Waals surface area contributed by atoms with Crippen molar-refractivity contribution >= 4 is 28.5 Å². The average molecular weight is 329 g/mol. The Kier molecular flexibility index (Phi) is 5.82. The van der Waals surface area contributed by atoms with Crippen LogP contribution in [0.25, 0.3) is 0 Å². The average Bonchev–Trinajstić information content (AvgIpc) is 2.56. The second kappa shape index (κ2) is 7.83. The highest BCUT2D eigenvalue weighted by Crippen LogP contribution is 2.26. The third-order valence-corrected chi connectivity index (χ3v) is 4.43. The van der Waals surface area contributed by atoms with Crippen LogP contribution in [0.1, 0.15) is 13.8 Å². The summed E-state index contributed by atoms with van der Waals surface area (Å²) in [5.74, 6) is 0.527. The topological polar surface area (TPSA) is 46.6 Å². The van der Waals surface area contributed by atoms with Crippen molar-refractivity contribution in [2.45, 2.75) is 24.8 Å². The van der Waals surface area contributed by atoms with Crippen LogP contribution >= 0.6 is 11.8 Å². The van der Waals surface area contributed by atoms with E-state index in [9.17, 15) is 9.59 Å². The third-order valence-electron chi connectivity index (χ3n) is 3.38. The van der Waals surface area contributed by atoms with E-state index < -0.39 is 6.04 Å². The molecule has 0 aliphatic rings. The molecule has 0 fully saturated rings. The van der Waals surface area contributed by atoms with Gasteiger partial charge in [-0.05, 0) is 55.1 Å². The molecule has 0 saturated carbocycles. The number of hydrogen-bond donors (Lipinski definition) is 0. The first-order valence-corrected chi connectivity index (χ1v) is 8.05. The van der Waals surface area contributed by atoms with Gasteiger partial charge in [-0.1, -0.05) is 18.2 Å². The van der Waals surface area contributed by atoms with Crippen LogP contribution in [-0.4, -0.2) is 24.2 Å². The molecule has 0 N–H and O–H groups in total. The minimum absolute atomic E-state index is 0.0813. The van der Waals surface area contributed by atoms with Gasteiger partial charge >= 0.3 is 0 Å². The first kappa shape index (κ1) is 17.1. The zero-order valence-corrected chi connectivity index (χ0v) is 14.2. The SMILES string of the molecule is COc1ccc(N(C(C)=O)C(C)C(=O)Sc2ccccc2)cc1. The smallest absolute Gasteiger partial charge is 0.224 e. The Hall–Kier alpha value is -2.27. The van der Waals surface area contributed by atoms with Crippen molar-refractivity contribution in [2.24, 2.45) is 0 Å². The van der Waals surface area contributed by atoms with Crippen molar-refractivity contribution in [1.82, 2.24) is 0 Å². The lowest BCUT2D eigenvalue weighted by molar-refractivity contribution is -0.120. The number of hydrogen-bond acceptors (Lipinski definition) is 4. The molecule has 23 heavy (non-hydrogen) atoms. The summed E-state index contributed by atoms with van der Waals surface area (Å²) in [4.78, 5) is 26.9. The van der Waals surface area contributed by atoms with E-state index in [1.165, 1.54) is 11.8 Å².